The summed E-state index contributed by atoms with van der Waals surface area (Å²) < 4.78 is 53.6. The highest BCUT2D eigenvalue weighted by Crippen LogP contribution is 2.38. The molecule has 1 aromatic carbocycles. The highest BCUT2D eigenvalue weighted by Gasteiger charge is 2.56. The Morgan fingerprint density at radius 1 is 0.864 bits per heavy atom. The third-order valence-electron chi connectivity index (χ3n) is 7.08. The third-order valence-corrected chi connectivity index (χ3v) is 7.08. The molecule has 0 bridgehead atoms. The SMILES string of the molecule is C=CCO[C@H]1O[C@@H]2COC(c3ccccc3)O[C@H]2[C@H](OC2O[C@@H](C)[C@@H](OC(C)=O)[C@@H](OC(C)=O)[C@@H]2OC(C)=O)[C@H]1NC(C)=O. The predicted molar refractivity (Wildman–Crippen MR) is 148 cm³/mol. The highest BCUT2D eigenvalue weighted by molar-refractivity contribution is 5.73. The van der Waals surface area contributed by atoms with Crippen LogP contribution in [0.25, 0.3) is 0 Å². The van der Waals surface area contributed by atoms with Gasteiger partial charge in [-0.3, -0.25) is 19.2 Å². The molecule has 0 aliphatic carbocycles. The summed E-state index contributed by atoms with van der Waals surface area (Å²) in [6.07, 6.45) is -8.98. The fraction of sp³-hybridized carbons (Fsp3) is 0.600. The Morgan fingerprint density at radius 2 is 1.50 bits per heavy atom. The van der Waals surface area contributed by atoms with E-state index in [-0.39, 0.29) is 13.2 Å². The Balaban J connectivity index is 1.73. The van der Waals surface area contributed by atoms with Gasteiger partial charge >= 0.3 is 17.9 Å². The number of hydrogen-bond donors (Lipinski definition) is 1. The Bertz CT molecular complexity index is 1180. The fourth-order valence-electron chi connectivity index (χ4n) is 5.44. The molecule has 1 aromatic rings. The molecule has 14 heteroatoms. The van der Waals surface area contributed by atoms with Crippen LogP contribution in [0, 0.1) is 0 Å². The van der Waals surface area contributed by atoms with Crippen molar-refractivity contribution in [1.29, 1.82) is 0 Å². The Kier molecular flexibility index (Phi) is 11.5. The maximum absolute atomic E-state index is 12.4. The van der Waals surface area contributed by atoms with Gasteiger partial charge in [-0.1, -0.05) is 36.4 Å². The lowest BCUT2D eigenvalue weighted by atomic mass is 9.94. The lowest BCUT2D eigenvalue weighted by molar-refractivity contribution is -0.376. The van der Waals surface area contributed by atoms with Crippen molar-refractivity contribution in [2.75, 3.05) is 13.2 Å². The Hall–Kier alpha value is -3.40. The van der Waals surface area contributed by atoms with Crippen molar-refractivity contribution in [3.8, 4) is 0 Å². The van der Waals surface area contributed by atoms with E-state index in [0.29, 0.717) is 0 Å². The first kappa shape index (κ1) is 33.5. The maximum Gasteiger partial charge on any atom is 0.303 e. The van der Waals surface area contributed by atoms with Gasteiger partial charge in [-0.25, -0.2) is 0 Å². The van der Waals surface area contributed by atoms with Crippen LogP contribution in [0.1, 0.15) is 46.5 Å². The van der Waals surface area contributed by atoms with Crippen LogP contribution in [-0.2, 0) is 61.8 Å². The van der Waals surface area contributed by atoms with Gasteiger partial charge in [-0.05, 0) is 6.92 Å². The summed E-state index contributed by atoms with van der Waals surface area (Å²) in [5.74, 6) is -2.52. The summed E-state index contributed by atoms with van der Waals surface area (Å²) in [5.41, 5.74) is 0.741. The first-order chi connectivity index (χ1) is 21.0. The summed E-state index contributed by atoms with van der Waals surface area (Å²) in [6.45, 7) is 10.3. The average Bonchev–Trinajstić information content (AvgIpc) is 2.96. The molecule has 3 aliphatic heterocycles. The van der Waals surface area contributed by atoms with Crippen LogP contribution in [0.15, 0.2) is 43.0 Å². The number of esters is 3. The second-order valence-corrected chi connectivity index (χ2v) is 10.6. The molecule has 0 saturated carbocycles. The molecule has 2 unspecified atom stereocenters. The molecule has 3 fully saturated rings. The van der Waals surface area contributed by atoms with Crippen molar-refractivity contribution in [2.24, 2.45) is 0 Å². The predicted octanol–water partition coefficient (Wildman–Crippen LogP) is 1.46. The standard InChI is InChI=1S/C30H39NO13/c1-7-13-36-29-22(31-16(3)32)25(24-21(42-29)14-37-28(43-24)20-11-9-8-10-12-20)44-30-27(41-19(6)35)26(40-18(5)34)23(15(2)38-30)39-17(4)33/h7-12,15,21-30H,1,13-14H2,2-6H3,(H,31,32)/t15-,21+,22+,23+,24+,25+,26+,27-,28?,29-,30?/m0/s1. The van der Waals surface area contributed by atoms with Crippen molar-refractivity contribution in [3.05, 3.63) is 48.6 Å². The first-order valence-electron chi connectivity index (χ1n) is 14.3. The molecule has 242 valence electrons. The number of benzene rings is 1. The number of carbonyl (C=O) groups excluding carboxylic acids is 4. The van der Waals surface area contributed by atoms with E-state index in [1.54, 1.807) is 6.92 Å². The smallest absolute Gasteiger partial charge is 0.303 e. The van der Waals surface area contributed by atoms with Crippen LogP contribution in [0.2, 0.25) is 0 Å². The Labute approximate surface area is 255 Å². The number of nitrogens with one attached hydrogen (secondary N) is 1. The minimum absolute atomic E-state index is 0.0880. The summed E-state index contributed by atoms with van der Waals surface area (Å²) >= 11 is 0. The summed E-state index contributed by atoms with van der Waals surface area (Å²) in [4.78, 5) is 48.8. The zero-order valence-electron chi connectivity index (χ0n) is 25.2. The molecule has 11 atom stereocenters. The van der Waals surface area contributed by atoms with Gasteiger partial charge in [0.15, 0.2) is 37.2 Å². The van der Waals surface area contributed by atoms with Crippen LogP contribution in [0.5, 0.6) is 0 Å². The zero-order valence-corrected chi connectivity index (χ0v) is 25.2. The fourth-order valence-corrected chi connectivity index (χ4v) is 5.44. The van der Waals surface area contributed by atoms with E-state index in [4.69, 9.17) is 42.6 Å². The van der Waals surface area contributed by atoms with Gasteiger partial charge in [0.25, 0.3) is 0 Å². The maximum atomic E-state index is 12.4. The van der Waals surface area contributed by atoms with Crippen LogP contribution in [-0.4, -0.2) is 98.4 Å². The molecular weight excluding hydrogens is 582 g/mol. The van der Waals surface area contributed by atoms with Crippen LogP contribution < -0.4 is 5.32 Å². The monoisotopic (exact) mass is 621 g/mol. The molecule has 0 radical (unpaired) electrons. The molecule has 44 heavy (non-hydrogen) atoms. The van der Waals surface area contributed by atoms with Gasteiger partial charge in [0, 0.05) is 33.3 Å². The second kappa shape index (κ2) is 15.1. The molecule has 0 spiro atoms. The topological polar surface area (TPSA) is 163 Å². The molecule has 1 N–H and O–H groups in total. The van der Waals surface area contributed by atoms with Gasteiger partial charge in [0.2, 0.25) is 5.91 Å². The Morgan fingerprint density at radius 3 is 2.11 bits per heavy atom. The molecule has 3 saturated heterocycles. The van der Waals surface area contributed by atoms with Crippen molar-refractivity contribution < 1.29 is 61.8 Å². The van der Waals surface area contributed by atoms with Gasteiger partial charge in [0.1, 0.15) is 24.4 Å². The van der Waals surface area contributed by atoms with E-state index in [0.717, 1.165) is 12.5 Å². The third kappa shape index (κ3) is 8.20. The number of amides is 1. The van der Waals surface area contributed by atoms with Gasteiger partial charge in [0.05, 0.1) is 19.3 Å². The van der Waals surface area contributed by atoms with Crippen molar-refractivity contribution in [3.63, 3.8) is 0 Å². The largest absolute Gasteiger partial charge is 0.456 e. The number of rotatable bonds is 10. The molecule has 3 aliphatic rings. The average molecular weight is 622 g/mol. The summed E-state index contributed by atoms with van der Waals surface area (Å²) in [7, 11) is 0. The molecule has 14 nitrogen and oxygen atoms in total. The lowest BCUT2D eigenvalue weighted by Gasteiger charge is -2.51. The van der Waals surface area contributed by atoms with Crippen molar-refractivity contribution >= 4 is 23.8 Å². The minimum Gasteiger partial charge on any atom is -0.456 e. The van der Waals surface area contributed by atoms with E-state index >= 15 is 0 Å². The van der Waals surface area contributed by atoms with Gasteiger partial charge in [-0.15, -0.1) is 6.58 Å². The number of hydrogen-bond acceptors (Lipinski definition) is 13. The van der Waals surface area contributed by atoms with Crippen LogP contribution >= 0.6 is 0 Å². The summed E-state index contributed by atoms with van der Waals surface area (Å²) in [5, 5.41) is 2.83. The van der Waals surface area contributed by atoms with E-state index in [1.165, 1.54) is 26.8 Å². The number of carbonyl (C=O) groups is 4. The summed E-state index contributed by atoms with van der Waals surface area (Å²) in [6, 6.07) is 8.26. The van der Waals surface area contributed by atoms with Crippen LogP contribution in [0.3, 0.4) is 0 Å². The highest BCUT2D eigenvalue weighted by atomic mass is 16.8. The van der Waals surface area contributed by atoms with Crippen molar-refractivity contribution in [2.45, 2.75) is 102 Å². The van der Waals surface area contributed by atoms with Crippen molar-refractivity contribution in [1.82, 2.24) is 5.32 Å². The second-order valence-electron chi connectivity index (χ2n) is 10.6. The molecular formula is C30H39NO13. The normalized spacial score (nSPS) is 35.0. The molecule has 1 amide bonds. The van der Waals surface area contributed by atoms with Gasteiger partial charge in [-0.2, -0.15) is 0 Å². The van der Waals surface area contributed by atoms with Gasteiger partial charge < -0.3 is 47.9 Å². The number of ether oxygens (including phenoxy) is 9. The quantitative estimate of drug-likeness (QED) is 0.227. The van der Waals surface area contributed by atoms with E-state index in [1.807, 2.05) is 30.3 Å². The van der Waals surface area contributed by atoms with E-state index < -0.39 is 91.5 Å². The van der Waals surface area contributed by atoms with Crippen LogP contribution in [0.4, 0.5) is 0 Å². The lowest BCUT2D eigenvalue weighted by Crippen LogP contribution is -2.69. The molecule has 3 heterocycles. The zero-order chi connectivity index (χ0) is 32.0. The molecule has 0 aromatic heterocycles. The van der Waals surface area contributed by atoms with E-state index in [9.17, 15) is 19.2 Å². The number of fused-ring (bicyclic) bond motifs is 1. The molecule has 4 rings (SSSR count). The first-order valence-corrected chi connectivity index (χ1v) is 14.3. The minimum atomic E-state index is -1.38. The van der Waals surface area contributed by atoms with E-state index in [2.05, 4.69) is 11.9 Å².